The molecule has 1 aliphatic rings. The fourth-order valence-electron chi connectivity index (χ4n) is 2.51. The molecule has 25 heavy (non-hydrogen) atoms. The van der Waals surface area contributed by atoms with Crippen LogP contribution in [-0.2, 0) is 4.79 Å². The van der Waals surface area contributed by atoms with E-state index in [2.05, 4.69) is 20.6 Å². The second-order valence-electron chi connectivity index (χ2n) is 5.36. The largest absolute Gasteiger partial charge is 0.493 e. The lowest BCUT2D eigenvalue weighted by molar-refractivity contribution is -0.114. The van der Waals surface area contributed by atoms with Crippen molar-refractivity contribution in [3.8, 4) is 5.75 Å². The molecule has 0 bridgehead atoms. The van der Waals surface area contributed by atoms with E-state index in [1.807, 2.05) is 24.3 Å². The first-order valence-corrected chi connectivity index (χ1v) is 7.70. The molecule has 3 rings (SSSR count). The van der Waals surface area contributed by atoms with Crippen molar-refractivity contribution >= 4 is 41.5 Å². The summed E-state index contributed by atoms with van der Waals surface area (Å²) in [7, 11) is 0. The fraction of sp³-hybridized carbons (Fsp3) is 0.235. The van der Waals surface area contributed by atoms with Crippen molar-refractivity contribution in [2.75, 3.05) is 18.5 Å². The highest BCUT2D eigenvalue weighted by molar-refractivity contribution is 14.0. The van der Waals surface area contributed by atoms with Crippen LogP contribution in [0.1, 0.15) is 18.0 Å². The van der Waals surface area contributed by atoms with E-state index < -0.39 is 0 Å². The molecule has 4 N–H and O–H groups in total. The lowest BCUT2D eigenvalue weighted by atomic mass is 10.0. The predicted molar refractivity (Wildman–Crippen MR) is 107 cm³/mol. The number of para-hydroxylation sites is 1. The van der Waals surface area contributed by atoms with E-state index in [0.717, 1.165) is 17.7 Å². The Labute approximate surface area is 163 Å². The van der Waals surface area contributed by atoms with Gasteiger partial charge in [0.05, 0.1) is 24.5 Å². The van der Waals surface area contributed by atoms with Crippen LogP contribution in [0, 0.1) is 0 Å². The number of nitrogens with one attached hydrogen (secondary N) is 2. The molecule has 1 aromatic carbocycles. The summed E-state index contributed by atoms with van der Waals surface area (Å²) in [4.78, 5) is 19.9. The Kier molecular flexibility index (Phi) is 6.99. The smallest absolute Gasteiger partial charge is 0.246 e. The lowest BCUT2D eigenvalue weighted by Gasteiger charge is -2.26. The zero-order valence-corrected chi connectivity index (χ0v) is 15.8. The summed E-state index contributed by atoms with van der Waals surface area (Å²) in [6.45, 7) is 0.558. The maximum Gasteiger partial charge on any atom is 0.246 e. The number of benzene rings is 1. The molecule has 132 valence electrons. The van der Waals surface area contributed by atoms with Gasteiger partial charge in [-0.15, -0.1) is 24.0 Å². The average Bonchev–Trinajstić information content (AvgIpc) is 2.61. The molecule has 8 heteroatoms. The summed E-state index contributed by atoms with van der Waals surface area (Å²) in [6.07, 6.45) is 4.00. The van der Waals surface area contributed by atoms with Gasteiger partial charge < -0.3 is 21.1 Å². The standard InChI is InChI=1S/C17H19N5O2.HI/c18-17(20-11-16(23)21-12-4-3-8-19-10-12)22-14-7-9-24-15-6-2-1-5-13(14)15;/h1-6,8,10,14H,7,9,11H2,(H,21,23)(H3,18,20,22);1H. The van der Waals surface area contributed by atoms with Gasteiger partial charge in [-0.3, -0.25) is 9.78 Å². The Morgan fingerprint density at radius 3 is 2.96 bits per heavy atom. The number of rotatable bonds is 4. The lowest BCUT2D eigenvalue weighted by Crippen LogP contribution is -2.38. The topological polar surface area (TPSA) is 102 Å². The van der Waals surface area contributed by atoms with Crippen LogP contribution >= 0.6 is 24.0 Å². The number of guanidine groups is 1. The maximum atomic E-state index is 11.9. The number of halogens is 1. The molecule has 0 aliphatic carbocycles. The minimum absolute atomic E-state index is 0. The van der Waals surface area contributed by atoms with Crippen LogP contribution in [-0.4, -0.2) is 30.0 Å². The molecule has 0 saturated heterocycles. The second-order valence-corrected chi connectivity index (χ2v) is 5.36. The van der Waals surface area contributed by atoms with E-state index in [1.165, 1.54) is 0 Å². The average molecular weight is 453 g/mol. The monoisotopic (exact) mass is 453 g/mol. The van der Waals surface area contributed by atoms with Crippen molar-refractivity contribution in [1.29, 1.82) is 0 Å². The zero-order valence-electron chi connectivity index (χ0n) is 13.5. The Hall–Kier alpha value is -2.36. The van der Waals surface area contributed by atoms with Gasteiger partial charge in [0.15, 0.2) is 5.96 Å². The number of ether oxygens (including phenoxy) is 1. The maximum absolute atomic E-state index is 11.9. The molecule has 7 nitrogen and oxygen atoms in total. The van der Waals surface area contributed by atoms with Crippen molar-refractivity contribution < 1.29 is 9.53 Å². The van der Waals surface area contributed by atoms with Gasteiger partial charge in [0.1, 0.15) is 12.3 Å². The van der Waals surface area contributed by atoms with E-state index in [-0.39, 0.29) is 48.4 Å². The van der Waals surface area contributed by atoms with E-state index >= 15 is 0 Å². The highest BCUT2D eigenvalue weighted by Gasteiger charge is 2.21. The van der Waals surface area contributed by atoms with Crippen molar-refractivity contribution in [3.63, 3.8) is 0 Å². The first kappa shape index (κ1) is 19.0. The van der Waals surface area contributed by atoms with E-state index in [1.54, 1.807) is 24.5 Å². The third kappa shape index (κ3) is 5.31. The number of nitrogens with two attached hydrogens (primary N) is 1. The molecule has 0 radical (unpaired) electrons. The van der Waals surface area contributed by atoms with Crippen molar-refractivity contribution in [1.82, 2.24) is 10.3 Å². The first-order chi connectivity index (χ1) is 11.7. The molecule has 1 aliphatic heterocycles. The number of carbonyl (C=O) groups excluding carboxylic acids is 1. The Balaban J connectivity index is 0.00000225. The number of amides is 1. The third-order valence-corrected chi connectivity index (χ3v) is 3.62. The number of aromatic nitrogens is 1. The number of hydrogen-bond acceptors (Lipinski definition) is 4. The van der Waals surface area contributed by atoms with Gasteiger partial charge in [0, 0.05) is 18.2 Å². The number of pyridine rings is 1. The molecule has 1 unspecified atom stereocenters. The molecule has 0 fully saturated rings. The van der Waals surface area contributed by atoms with Gasteiger partial charge >= 0.3 is 0 Å². The number of anilines is 1. The molecule has 2 heterocycles. The summed E-state index contributed by atoms with van der Waals surface area (Å²) in [5.41, 5.74) is 7.58. The molecule has 1 aromatic heterocycles. The van der Waals surface area contributed by atoms with Gasteiger partial charge in [-0.05, 0) is 18.2 Å². The van der Waals surface area contributed by atoms with E-state index in [0.29, 0.717) is 12.3 Å². The molecular weight excluding hydrogens is 433 g/mol. The molecule has 2 aromatic rings. The minimum atomic E-state index is -0.250. The molecule has 0 spiro atoms. The number of carbonyl (C=O) groups is 1. The molecule has 0 saturated carbocycles. The summed E-state index contributed by atoms with van der Waals surface area (Å²) in [5.74, 6) is 0.835. The van der Waals surface area contributed by atoms with Crippen molar-refractivity contribution in [3.05, 3.63) is 54.4 Å². The quantitative estimate of drug-likeness (QED) is 0.374. The van der Waals surface area contributed by atoms with Gasteiger partial charge in [-0.2, -0.15) is 0 Å². The van der Waals surface area contributed by atoms with Crippen molar-refractivity contribution in [2.24, 2.45) is 10.7 Å². The first-order valence-electron chi connectivity index (χ1n) is 7.70. The molecule has 1 amide bonds. The van der Waals surface area contributed by atoms with Gasteiger partial charge in [-0.25, -0.2) is 4.99 Å². The summed E-state index contributed by atoms with van der Waals surface area (Å²) >= 11 is 0. The Bertz CT molecular complexity index is 739. The predicted octanol–water partition coefficient (Wildman–Crippen LogP) is 2.07. The molecule has 1 atom stereocenters. The highest BCUT2D eigenvalue weighted by atomic mass is 127. The number of aliphatic imine (C=N–C) groups is 1. The van der Waals surface area contributed by atoms with Crippen LogP contribution in [0.4, 0.5) is 5.69 Å². The fourth-order valence-corrected chi connectivity index (χ4v) is 2.51. The number of fused-ring (bicyclic) bond motifs is 1. The zero-order chi connectivity index (χ0) is 16.8. The van der Waals surface area contributed by atoms with Gasteiger partial charge in [-0.1, -0.05) is 18.2 Å². The van der Waals surface area contributed by atoms with Crippen LogP contribution in [0.5, 0.6) is 5.75 Å². The van der Waals surface area contributed by atoms with E-state index in [4.69, 9.17) is 10.5 Å². The Morgan fingerprint density at radius 1 is 1.32 bits per heavy atom. The second kappa shape index (κ2) is 9.21. The van der Waals surface area contributed by atoms with Crippen LogP contribution < -0.4 is 21.1 Å². The van der Waals surface area contributed by atoms with Crippen LogP contribution in [0.15, 0.2) is 53.8 Å². The Morgan fingerprint density at radius 2 is 2.16 bits per heavy atom. The normalized spacial score (nSPS) is 16.0. The summed E-state index contributed by atoms with van der Waals surface area (Å²) < 4.78 is 5.61. The van der Waals surface area contributed by atoms with E-state index in [9.17, 15) is 4.79 Å². The summed E-state index contributed by atoms with van der Waals surface area (Å²) in [5, 5.41) is 5.85. The third-order valence-electron chi connectivity index (χ3n) is 3.62. The van der Waals surface area contributed by atoms with Crippen molar-refractivity contribution in [2.45, 2.75) is 12.5 Å². The van der Waals surface area contributed by atoms with Gasteiger partial charge in [0.25, 0.3) is 0 Å². The van der Waals surface area contributed by atoms with Crippen LogP contribution in [0.3, 0.4) is 0 Å². The van der Waals surface area contributed by atoms with Crippen LogP contribution in [0.2, 0.25) is 0 Å². The SMILES string of the molecule is I.NC(=NCC(=O)Nc1cccnc1)NC1CCOc2ccccc21. The minimum Gasteiger partial charge on any atom is -0.493 e. The highest BCUT2D eigenvalue weighted by Crippen LogP contribution is 2.31. The number of nitrogens with zero attached hydrogens (tertiary/aromatic N) is 2. The molecular formula is C17H20IN5O2. The van der Waals surface area contributed by atoms with Crippen LogP contribution in [0.25, 0.3) is 0 Å². The summed E-state index contributed by atoms with van der Waals surface area (Å²) in [6, 6.07) is 11.3. The van der Waals surface area contributed by atoms with Gasteiger partial charge in [0.2, 0.25) is 5.91 Å². The number of hydrogen-bond donors (Lipinski definition) is 3.